The van der Waals surface area contributed by atoms with Crippen molar-refractivity contribution in [1.29, 1.82) is 0 Å². The Morgan fingerprint density at radius 1 is 1.18 bits per heavy atom. The van der Waals surface area contributed by atoms with Crippen molar-refractivity contribution in [3.05, 3.63) is 70.1 Å². The summed E-state index contributed by atoms with van der Waals surface area (Å²) >= 11 is 0. The average Bonchev–Trinajstić information content (AvgIpc) is 3.02. The molecule has 144 valence electrons. The summed E-state index contributed by atoms with van der Waals surface area (Å²) < 4.78 is 5.46. The van der Waals surface area contributed by atoms with E-state index < -0.39 is 18.1 Å². The second-order valence-corrected chi connectivity index (χ2v) is 6.51. The first-order chi connectivity index (χ1) is 13.5. The van der Waals surface area contributed by atoms with Gasteiger partial charge < -0.3 is 9.84 Å². The number of rotatable bonds is 7. The summed E-state index contributed by atoms with van der Waals surface area (Å²) in [6.45, 7) is 0.0916. The van der Waals surface area contributed by atoms with Gasteiger partial charge in [-0.2, -0.15) is 0 Å². The van der Waals surface area contributed by atoms with E-state index in [2.05, 4.69) is 10.0 Å². The largest absolute Gasteiger partial charge is 0.480 e. The molecule has 3 rings (SSSR count). The van der Waals surface area contributed by atoms with Gasteiger partial charge in [-0.3, -0.25) is 4.90 Å². The van der Waals surface area contributed by atoms with E-state index in [4.69, 9.17) is 10.3 Å². The normalized spacial score (nSPS) is 13.0. The van der Waals surface area contributed by atoms with Crippen molar-refractivity contribution in [2.75, 3.05) is 20.2 Å². The smallest absolute Gasteiger partial charge is 0.410 e. The van der Waals surface area contributed by atoms with Gasteiger partial charge in [0.1, 0.15) is 12.6 Å². The van der Waals surface area contributed by atoms with Gasteiger partial charge in [-0.05, 0) is 34.2 Å². The molecule has 1 atom stereocenters. The van der Waals surface area contributed by atoms with Crippen LogP contribution in [-0.2, 0) is 9.53 Å². The lowest BCUT2D eigenvalue weighted by Gasteiger charge is -2.24. The fourth-order valence-corrected chi connectivity index (χ4v) is 3.53. The summed E-state index contributed by atoms with van der Waals surface area (Å²) in [7, 11) is 1.37. The van der Waals surface area contributed by atoms with Gasteiger partial charge in [0.15, 0.2) is 0 Å². The zero-order valence-corrected chi connectivity index (χ0v) is 15.4. The molecule has 2 aromatic carbocycles. The molecule has 0 saturated carbocycles. The van der Waals surface area contributed by atoms with Crippen molar-refractivity contribution < 1.29 is 19.4 Å². The summed E-state index contributed by atoms with van der Waals surface area (Å²) in [5, 5.41) is 12.7. The molecule has 0 bridgehead atoms. The first-order valence-electron chi connectivity index (χ1n) is 8.86. The van der Waals surface area contributed by atoms with Gasteiger partial charge in [0.2, 0.25) is 0 Å². The number of carbonyl (C=O) groups is 2. The summed E-state index contributed by atoms with van der Waals surface area (Å²) in [4.78, 5) is 27.5. The molecule has 0 heterocycles. The average molecular weight is 380 g/mol. The van der Waals surface area contributed by atoms with E-state index in [1.165, 1.54) is 7.05 Å². The molecule has 0 aromatic heterocycles. The lowest BCUT2D eigenvalue weighted by molar-refractivity contribution is -0.142. The van der Waals surface area contributed by atoms with Crippen LogP contribution in [0.4, 0.5) is 4.79 Å². The number of fused-ring (bicyclic) bond motifs is 3. The minimum atomic E-state index is -1.18. The Morgan fingerprint density at radius 2 is 1.75 bits per heavy atom. The number of carboxylic acids is 1. The standard InChI is InChI=1S/C20H20N4O4/c1-24(18(19(25)26)10-11-22-23-21)20(27)28-12-17-15-8-4-2-6-13(15)14-7-3-5-9-16(14)17/h2-9,17-18H,10-12H2,1H3,(H,25,26). The van der Waals surface area contributed by atoms with Crippen LogP contribution >= 0.6 is 0 Å². The maximum atomic E-state index is 12.4. The predicted octanol–water partition coefficient (Wildman–Crippen LogP) is 4.02. The molecule has 8 nitrogen and oxygen atoms in total. The third-order valence-electron chi connectivity index (χ3n) is 4.94. The Bertz CT molecular complexity index is 894. The summed E-state index contributed by atoms with van der Waals surface area (Å²) in [6.07, 6.45) is -0.713. The van der Waals surface area contributed by atoms with Crippen LogP contribution in [0.25, 0.3) is 21.6 Å². The first-order valence-corrected chi connectivity index (χ1v) is 8.86. The van der Waals surface area contributed by atoms with Crippen molar-refractivity contribution in [3.8, 4) is 11.1 Å². The van der Waals surface area contributed by atoms with Crippen molar-refractivity contribution in [2.45, 2.75) is 18.4 Å². The van der Waals surface area contributed by atoms with E-state index >= 15 is 0 Å². The Balaban J connectivity index is 1.72. The first kappa shape index (κ1) is 19.3. The number of hydrogen-bond donors (Lipinski definition) is 1. The molecule has 0 aliphatic heterocycles. The topological polar surface area (TPSA) is 116 Å². The van der Waals surface area contributed by atoms with E-state index in [9.17, 15) is 14.7 Å². The highest BCUT2D eigenvalue weighted by atomic mass is 16.6. The SMILES string of the molecule is CN(C(=O)OCC1c2ccccc2-c2ccccc21)C(CCN=[N+]=[N-])C(=O)O. The van der Waals surface area contributed by atoms with Crippen LogP contribution in [0.2, 0.25) is 0 Å². The van der Waals surface area contributed by atoms with E-state index in [1.54, 1.807) is 0 Å². The molecule has 2 aromatic rings. The summed E-state index contributed by atoms with van der Waals surface area (Å²) in [6, 6.07) is 14.8. The zero-order valence-electron chi connectivity index (χ0n) is 15.4. The van der Waals surface area contributed by atoms with Gasteiger partial charge in [-0.15, -0.1) is 0 Å². The van der Waals surface area contributed by atoms with Crippen LogP contribution in [0, 0.1) is 0 Å². The van der Waals surface area contributed by atoms with Crippen LogP contribution in [0.5, 0.6) is 0 Å². The zero-order chi connectivity index (χ0) is 20.1. The lowest BCUT2D eigenvalue weighted by atomic mass is 9.98. The van der Waals surface area contributed by atoms with Gasteiger partial charge in [-0.25, -0.2) is 9.59 Å². The highest BCUT2D eigenvalue weighted by Gasteiger charge is 2.31. The van der Waals surface area contributed by atoms with Crippen LogP contribution in [0.1, 0.15) is 23.5 Å². The van der Waals surface area contributed by atoms with Crippen LogP contribution < -0.4 is 0 Å². The second kappa shape index (κ2) is 8.45. The highest BCUT2D eigenvalue weighted by molar-refractivity contribution is 5.81. The number of nitrogens with zero attached hydrogens (tertiary/aromatic N) is 4. The van der Waals surface area contributed by atoms with E-state index in [1.807, 2.05) is 48.5 Å². The molecule has 0 saturated heterocycles. The van der Waals surface area contributed by atoms with E-state index in [-0.39, 0.29) is 25.5 Å². The van der Waals surface area contributed by atoms with Crippen LogP contribution in [0.3, 0.4) is 0 Å². The monoisotopic (exact) mass is 380 g/mol. The molecular weight excluding hydrogens is 360 g/mol. The molecule has 1 aliphatic rings. The third-order valence-corrected chi connectivity index (χ3v) is 4.94. The molecule has 1 amide bonds. The Hall–Kier alpha value is -3.51. The molecule has 28 heavy (non-hydrogen) atoms. The minimum absolute atomic E-state index is 0.0140. The second-order valence-electron chi connectivity index (χ2n) is 6.51. The van der Waals surface area contributed by atoms with Gasteiger partial charge in [0.05, 0.1) is 0 Å². The summed E-state index contributed by atoms with van der Waals surface area (Å²) in [5.41, 5.74) is 12.7. The number of aliphatic carboxylic acids is 1. The van der Waals surface area contributed by atoms with Gasteiger partial charge >= 0.3 is 12.1 Å². The quantitative estimate of drug-likeness (QED) is 0.443. The summed E-state index contributed by atoms with van der Waals surface area (Å²) in [5.74, 6) is -1.28. The maximum absolute atomic E-state index is 12.4. The number of carboxylic acid groups (broad SMARTS) is 1. The van der Waals surface area contributed by atoms with Crippen molar-refractivity contribution in [2.24, 2.45) is 5.11 Å². The Labute approximate surface area is 162 Å². The molecule has 0 spiro atoms. The number of azide groups is 1. The molecule has 0 radical (unpaired) electrons. The number of ether oxygens (including phenoxy) is 1. The molecule has 8 heteroatoms. The molecule has 1 unspecified atom stereocenters. The number of hydrogen-bond acceptors (Lipinski definition) is 4. The number of amides is 1. The van der Waals surface area contributed by atoms with Crippen LogP contribution in [-0.4, -0.2) is 48.3 Å². The van der Waals surface area contributed by atoms with Crippen molar-refractivity contribution in [1.82, 2.24) is 4.90 Å². The van der Waals surface area contributed by atoms with E-state index in [0.29, 0.717) is 0 Å². The van der Waals surface area contributed by atoms with Gasteiger partial charge in [0, 0.05) is 24.4 Å². The minimum Gasteiger partial charge on any atom is -0.480 e. The number of likely N-dealkylation sites (N-methyl/N-ethyl adjacent to an activating group) is 1. The fourth-order valence-electron chi connectivity index (χ4n) is 3.53. The van der Waals surface area contributed by atoms with E-state index in [0.717, 1.165) is 27.2 Å². The van der Waals surface area contributed by atoms with Gasteiger partial charge in [0.25, 0.3) is 0 Å². The van der Waals surface area contributed by atoms with Crippen molar-refractivity contribution >= 4 is 12.1 Å². The fraction of sp³-hybridized carbons (Fsp3) is 0.300. The number of benzene rings is 2. The Morgan fingerprint density at radius 3 is 2.29 bits per heavy atom. The molecule has 0 fully saturated rings. The van der Waals surface area contributed by atoms with Crippen LogP contribution in [0.15, 0.2) is 53.6 Å². The molecule has 1 aliphatic carbocycles. The molecule has 1 N–H and O–H groups in total. The molecular formula is C20H20N4O4. The predicted molar refractivity (Wildman–Crippen MR) is 103 cm³/mol. The maximum Gasteiger partial charge on any atom is 0.410 e. The third kappa shape index (κ3) is 3.77. The van der Waals surface area contributed by atoms with Crippen molar-refractivity contribution in [3.63, 3.8) is 0 Å². The Kier molecular flexibility index (Phi) is 5.81. The lowest BCUT2D eigenvalue weighted by Crippen LogP contribution is -2.43. The number of carbonyl (C=O) groups excluding carboxylic acids is 1. The highest BCUT2D eigenvalue weighted by Crippen LogP contribution is 2.44. The van der Waals surface area contributed by atoms with Gasteiger partial charge in [-0.1, -0.05) is 53.6 Å².